The van der Waals surface area contributed by atoms with Crippen LogP contribution in [-0.2, 0) is 0 Å². The highest BCUT2D eigenvalue weighted by Crippen LogP contribution is 2.15. The number of hydrogen-bond donors (Lipinski definition) is 2. The predicted molar refractivity (Wildman–Crippen MR) is 97.3 cm³/mol. The molecule has 0 aliphatic carbocycles. The number of nitrogens with zero attached hydrogens (tertiary/aromatic N) is 3. The molecule has 0 aliphatic heterocycles. The summed E-state index contributed by atoms with van der Waals surface area (Å²) in [6, 6.07) is 16.3. The van der Waals surface area contributed by atoms with E-state index in [4.69, 9.17) is 0 Å². The van der Waals surface area contributed by atoms with Crippen LogP contribution in [0.2, 0.25) is 0 Å². The van der Waals surface area contributed by atoms with Gasteiger partial charge in [-0.3, -0.25) is 0 Å². The van der Waals surface area contributed by atoms with Crippen LogP contribution in [0.25, 0.3) is 11.0 Å². The Morgan fingerprint density at radius 2 is 1.83 bits per heavy atom. The van der Waals surface area contributed by atoms with Crippen molar-refractivity contribution in [1.82, 2.24) is 9.97 Å². The van der Waals surface area contributed by atoms with E-state index in [9.17, 15) is 0 Å². The summed E-state index contributed by atoms with van der Waals surface area (Å²) in [6.45, 7) is 6.35. The molecule has 0 unspecified atom stereocenters. The second-order valence-electron chi connectivity index (χ2n) is 5.24. The lowest BCUT2D eigenvalue weighted by atomic mass is 10.2. The van der Waals surface area contributed by atoms with Crippen molar-refractivity contribution in [2.45, 2.75) is 13.8 Å². The SMILES string of the molecule is CCN(CC)c1ccc(/C=N/Nc2nc3ccccc3[nH]2)cc1. The van der Waals surface area contributed by atoms with Crippen molar-refractivity contribution in [3.63, 3.8) is 0 Å². The zero-order valence-corrected chi connectivity index (χ0v) is 13.5. The Morgan fingerprint density at radius 1 is 1.09 bits per heavy atom. The van der Waals surface area contributed by atoms with Gasteiger partial charge in [-0.25, -0.2) is 10.4 Å². The van der Waals surface area contributed by atoms with E-state index in [1.165, 1.54) is 5.69 Å². The minimum atomic E-state index is 0.641. The van der Waals surface area contributed by atoms with Gasteiger partial charge < -0.3 is 9.88 Å². The third-order valence-corrected chi connectivity index (χ3v) is 3.80. The molecule has 0 amide bonds. The first-order valence-electron chi connectivity index (χ1n) is 7.89. The van der Waals surface area contributed by atoms with Gasteiger partial charge in [-0.15, -0.1) is 0 Å². The average molecular weight is 307 g/mol. The summed E-state index contributed by atoms with van der Waals surface area (Å²) in [5.41, 5.74) is 7.13. The lowest BCUT2D eigenvalue weighted by Crippen LogP contribution is -2.21. The van der Waals surface area contributed by atoms with Gasteiger partial charge in [-0.1, -0.05) is 24.3 Å². The third kappa shape index (κ3) is 3.51. The maximum Gasteiger partial charge on any atom is 0.222 e. The van der Waals surface area contributed by atoms with Gasteiger partial charge in [0.2, 0.25) is 5.95 Å². The van der Waals surface area contributed by atoms with Gasteiger partial charge >= 0.3 is 0 Å². The summed E-state index contributed by atoms with van der Waals surface area (Å²) in [5.74, 6) is 0.641. The lowest BCUT2D eigenvalue weighted by molar-refractivity contribution is 0.866. The van der Waals surface area contributed by atoms with E-state index in [1.807, 2.05) is 24.3 Å². The zero-order valence-electron chi connectivity index (χ0n) is 13.5. The monoisotopic (exact) mass is 307 g/mol. The van der Waals surface area contributed by atoms with Gasteiger partial charge in [0.1, 0.15) is 0 Å². The van der Waals surface area contributed by atoms with Gasteiger partial charge in [0.15, 0.2) is 0 Å². The van der Waals surface area contributed by atoms with Gasteiger partial charge in [0, 0.05) is 18.8 Å². The minimum Gasteiger partial charge on any atom is -0.372 e. The molecule has 3 rings (SSSR count). The molecular weight excluding hydrogens is 286 g/mol. The van der Waals surface area contributed by atoms with Crippen LogP contribution in [0.4, 0.5) is 11.6 Å². The Hall–Kier alpha value is -2.82. The first kappa shape index (κ1) is 15.1. The Balaban J connectivity index is 1.65. The maximum absolute atomic E-state index is 4.42. The molecule has 118 valence electrons. The van der Waals surface area contributed by atoms with E-state index in [0.717, 1.165) is 29.7 Å². The molecule has 3 aromatic rings. The fourth-order valence-corrected chi connectivity index (χ4v) is 2.53. The van der Waals surface area contributed by atoms with Crippen LogP contribution < -0.4 is 10.3 Å². The first-order chi connectivity index (χ1) is 11.3. The molecule has 5 heteroatoms. The standard InChI is InChI=1S/C18H21N5/c1-3-23(4-2)15-11-9-14(10-12-15)13-19-22-18-20-16-7-5-6-8-17(16)21-18/h5-13H,3-4H2,1-2H3,(H2,20,21,22)/b19-13+. The van der Waals surface area contributed by atoms with E-state index >= 15 is 0 Å². The molecule has 23 heavy (non-hydrogen) atoms. The number of anilines is 2. The molecule has 2 N–H and O–H groups in total. The molecule has 1 aromatic heterocycles. The number of hydrogen-bond acceptors (Lipinski definition) is 4. The summed E-state index contributed by atoms with van der Waals surface area (Å²) in [4.78, 5) is 9.91. The summed E-state index contributed by atoms with van der Waals surface area (Å²) in [5, 5.41) is 4.24. The van der Waals surface area contributed by atoms with Gasteiger partial charge in [0.05, 0.1) is 17.2 Å². The molecule has 2 aromatic carbocycles. The van der Waals surface area contributed by atoms with E-state index in [0.29, 0.717) is 5.95 Å². The molecule has 0 spiro atoms. The highest BCUT2D eigenvalue weighted by molar-refractivity contribution is 5.81. The third-order valence-electron chi connectivity index (χ3n) is 3.80. The largest absolute Gasteiger partial charge is 0.372 e. The molecular formula is C18H21N5. The molecule has 0 saturated heterocycles. The van der Waals surface area contributed by atoms with E-state index in [2.05, 4.69) is 63.5 Å². The summed E-state index contributed by atoms with van der Waals surface area (Å²) < 4.78 is 0. The van der Waals surface area contributed by atoms with Crippen molar-refractivity contribution in [2.24, 2.45) is 5.10 Å². The number of imidazole rings is 1. The Kier molecular flexibility index (Phi) is 4.57. The van der Waals surface area contributed by atoms with Crippen molar-refractivity contribution in [3.05, 3.63) is 54.1 Å². The second kappa shape index (κ2) is 6.96. The molecule has 0 radical (unpaired) electrons. The number of rotatable bonds is 6. The fourth-order valence-electron chi connectivity index (χ4n) is 2.53. The summed E-state index contributed by atoms with van der Waals surface area (Å²) >= 11 is 0. The van der Waals surface area contributed by atoms with Crippen LogP contribution in [0.5, 0.6) is 0 Å². The van der Waals surface area contributed by atoms with E-state index < -0.39 is 0 Å². The van der Waals surface area contributed by atoms with Crippen molar-refractivity contribution in [3.8, 4) is 0 Å². The smallest absolute Gasteiger partial charge is 0.222 e. The van der Waals surface area contributed by atoms with Crippen LogP contribution in [0, 0.1) is 0 Å². The maximum atomic E-state index is 4.42. The number of H-pyrrole nitrogens is 1. The minimum absolute atomic E-state index is 0.641. The van der Waals surface area contributed by atoms with Crippen LogP contribution in [0.15, 0.2) is 53.6 Å². The van der Waals surface area contributed by atoms with Crippen LogP contribution in [-0.4, -0.2) is 29.3 Å². The highest BCUT2D eigenvalue weighted by Gasteiger charge is 2.01. The van der Waals surface area contributed by atoms with Gasteiger partial charge in [-0.05, 0) is 43.7 Å². The Morgan fingerprint density at radius 3 is 2.52 bits per heavy atom. The molecule has 0 fully saturated rings. The number of hydrazone groups is 1. The summed E-state index contributed by atoms with van der Waals surface area (Å²) in [6.07, 6.45) is 1.79. The van der Waals surface area contributed by atoms with Crippen molar-refractivity contribution in [2.75, 3.05) is 23.4 Å². The number of aromatic amines is 1. The van der Waals surface area contributed by atoms with Gasteiger partial charge in [0.25, 0.3) is 0 Å². The van der Waals surface area contributed by atoms with Crippen molar-refractivity contribution < 1.29 is 0 Å². The van der Waals surface area contributed by atoms with Crippen molar-refractivity contribution >= 4 is 28.9 Å². The van der Waals surface area contributed by atoms with Crippen LogP contribution >= 0.6 is 0 Å². The fraction of sp³-hybridized carbons (Fsp3) is 0.222. The first-order valence-corrected chi connectivity index (χ1v) is 7.89. The quantitative estimate of drug-likeness (QED) is 0.537. The Bertz CT molecular complexity index is 752. The number of para-hydroxylation sites is 2. The molecule has 0 bridgehead atoms. The molecule has 1 heterocycles. The topological polar surface area (TPSA) is 56.3 Å². The lowest BCUT2D eigenvalue weighted by Gasteiger charge is -2.20. The molecule has 5 nitrogen and oxygen atoms in total. The summed E-state index contributed by atoms with van der Waals surface area (Å²) in [7, 11) is 0. The van der Waals surface area contributed by atoms with E-state index in [-0.39, 0.29) is 0 Å². The average Bonchev–Trinajstić information content (AvgIpc) is 3.00. The highest BCUT2D eigenvalue weighted by atomic mass is 15.3. The molecule has 0 saturated carbocycles. The molecule has 0 aliphatic rings. The zero-order chi connectivity index (χ0) is 16.1. The normalized spacial score (nSPS) is 11.2. The Labute approximate surface area is 136 Å². The van der Waals surface area contributed by atoms with Crippen LogP contribution in [0.3, 0.4) is 0 Å². The van der Waals surface area contributed by atoms with Crippen LogP contribution in [0.1, 0.15) is 19.4 Å². The van der Waals surface area contributed by atoms with Crippen molar-refractivity contribution in [1.29, 1.82) is 0 Å². The second-order valence-corrected chi connectivity index (χ2v) is 5.24. The van der Waals surface area contributed by atoms with E-state index in [1.54, 1.807) is 6.21 Å². The predicted octanol–water partition coefficient (Wildman–Crippen LogP) is 3.86. The molecule has 0 atom stereocenters. The number of nitrogens with one attached hydrogen (secondary N) is 2. The number of fused-ring (bicyclic) bond motifs is 1. The van der Waals surface area contributed by atoms with Gasteiger partial charge in [-0.2, -0.15) is 5.10 Å². The number of aromatic nitrogens is 2. The number of benzene rings is 2.